The van der Waals surface area contributed by atoms with Crippen molar-refractivity contribution >= 4 is 22.4 Å². The molecule has 4 heteroatoms. The molecule has 0 spiro atoms. The van der Waals surface area contributed by atoms with Gasteiger partial charge in [-0.3, -0.25) is 9.59 Å². The molecule has 2 aromatic carbocycles. The molecule has 0 unspecified atom stereocenters. The first-order chi connectivity index (χ1) is 11.6. The largest absolute Gasteiger partial charge is 0.322 e. The molecule has 1 aliphatic rings. The lowest BCUT2D eigenvalue weighted by Crippen LogP contribution is -2.21. The molecule has 0 saturated heterocycles. The first-order valence-electron chi connectivity index (χ1n) is 8.15. The summed E-state index contributed by atoms with van der Waals surface area (Å²) in [5.74, 6) is -0.195. The van der Waals surface area contributed by atoms with E-state index in [1.807, 2.05) is 24.3 Å². The normalized spacial score (nSPS) is 13.0. The smallest absolute Gasteiger partial charge is 0.258 e. The minimum atomic E-state index is -0.195. The fourth-order valence-electron chi connectivity index (χ4n) is 3.45. The van der Waals surface area contributed by atoms with Gasteiger partial charge < -0.3 is 9.88 Å². The predicted octanol–water partition coefficient (Wildman–Crippen LogP) is 3.28. The summed E-state index contributed by atoms with van der Waals surface area (Å²) in [6, 6.07) is 13.3. The van der Waals surface area contributed by atoms with Crippen LogP contribution in [-0.4, -0.2) is 10.5 Å². The second-order valence-corrected chi connectivity index (χ2v) is 6.30. The van der Waals surface area contributed by atoms with Crippen molar-refractivity contribution in [3.05, 3.63) is 75.7 Å². The Bertz CT molecular complexity index is 1020. The van der Waals surface area contributed by atoms with Crippen molar-refractivity contribution in [2.24, 2.45) is 7.05 Å². The van der Waals surface area contributed by atoms with Crippen molar-refractivity contribution in [2.75, 3.05) is 5.32 Å². The summed E-state index contributed by atoms with van der Waals surface area (Å²) in [6.07, 6.45) is 4.97. The van der Waals surface area contributed by atoms with Crippen LogP contribution in [0.5, 0.6) is 0 Å². The zero-order valence-electron chi connectivity index (χ0n) is 13.5. The number of nitrogens with one attached hydrogen (secondary N) is 1. The number of fused-ring (bicyclic) bond motifs is 2. The minimum Gasteiger partial charge on any atom is -0.322 e. The van der Waals surface area contributed by atoms with Crippen molar-refractivity contribution in [1.82, 2.24) is 4.57 Å². The Hall–Kier alpha value is -2.88. The molecule has 1 aliphatic carbocycles. The van der Waals surface area contributed by atoms with Crippen molar-refractivity contribution in [3.63, 3.8) is 0 Å². The fourth-order valence-corrected chi connectivity index (χ4v) is 3.45. The molecule has 3 aromatic rings. The molecular weight excluding hydrogens is 300 g/mol. The monoisotopic (exact) mass is 318 g/mol. The number of aryl methyl sites for hydroxylation is 3. The summed E-state index contributed by atoms with van der Waals surface area (Å²) in [5.41, 5.74) is 3.91. The molecule has 0 radical (unpaired) electrons. The number of aromatic nitrogens is 1. The number of hydrogen-bond donors (Lipinski definition) is 1. The average molecular weight is 318 g/mol. The Balaban J connectivity index is 1.74. The van der Waals surface area contributed by atoms with Gasteiger partial charge in [-0.05, 0) is 48.6 Å². The summed E-state index contributed by atoms with van der Waals surface area (Å²) in [6.45, 7) is 0. The maximum Gasteiger partial charge on any atom is 0.258 e. The second kappa shape index (κ2) is 5.64. The van der Waals surface area contributed by atoms with Crippen LogP contribution in [-0.2, 0) is 19.9 Å². The molecule has 0 aliphatic heterocycles. The van der Waals surface area contributed by atoms with Crippen LogP contribution in [0.3, 0.4) is 0 Å². The van der Waals surface area contributed by atoms with Crippen LogP contribution in [0, 0.1) is 0 Å². The summed E-state index contributed by atoms with van der Waals surface area (Å²) in [5, 5.41) is 4.21. The Morgan fingerprint density at radius 2 is 1.79 bits per heavy atom. The summed E-state index contributed by atoms with van der Waals surface area (Å²) < 4.78 is 1.46. The zero-order chi connectivity index (χ0) is 16.7. The van der Waals surface area contributed by atoms with Crippen LogP contribution in [0.15, 0.2) is 53.5 Å². The van der Waals surface area contributed by atoms with Crippen LogP contribution in [0.4, 0.5) is 5.69 Å². The van der Waals surface area contributed by atoms with Gasteiger partial charge in [0.05, 0.1) is 5.56 Å². The quantitative estimate of drug-likeness (QED) is 0.788. The van der Waals surface area contributed by atoms with Gasteiger partial charge in [0.15, 0.2) is 0 Å². The maximum absolute atomic E-state index is 12.8. The highest BCUT2D eigenvalue weighted by molar-refractivity contribution is 6.12. The molecule has 0 bridgehead atoms. The number of carbonyl (C=O) groups is 1. The predicted molar refractivity (Wildman–Crippen MR) is 95.6 cm³/mol. The zero-order valence-corrected chi connectivity index (χ0v) is 13.5. The number of carbonyl (C=O) groups excluding carboxylic acids is 1. The summed E-state index contributed by atoms with van der Waals surface area (Å²) in [7, 11) is 1.67. The third-order valence-electron chi connectivity index (χ3n) is 4.69. The molecule has 0 atom stereocenters. The Morgan fingerprint density at radius 3 is 2.62 bits per heavy atom. The van der Waals surface area contributed by atoms with E-state index in [0.29, 0.717) is 16.3 Å². The number of pyridine rings is 1. The summed E-state index contributed by atoms with van der Waals surface area (Å²) >= 11 is 0. The van der Waals surface area contributed by atoms with Crippen molar-refractivity contribution in [2.45, 2.75) is 19.3 Å². The standard InChI is InChI=1S/C20H18N2O2/c1-22-12-18(16-7-2-3-8-17(16)20(22)24)19(23)21-15-10-9-13-5-4-6-14(13)11-15/h2-3,7-12H,4-6H2,1H3,(H,21,23). The number of amides is 1. The third-order valence-corrected chi connectivity index (χ3v) is 4.69. The molecule has 0 fully saturated rings. The molecule has 1 heterocycles. The molecule has 24 heavy (non-hydrogen) atoms. The van der Waals surface area contributed by atoms with E-state index in [1.165, 1.54) is 22.1 Å². The number of benzene rings is 2. The van der Waals surface area contributed by atoms with Gasteiger partial charge in [0.25, 0.3) is 11.5 Å². The number of hydrogen-bond acceptors (Lipinski definition) is 2. The van der Waals surface area contributed by atoms with Gasteiger partial charge in [0.1, 0.15) is 0 Å². The van der Waals surface area contributed by atoms with E-state index in [-0.39, 0.29) is 11.5 Å². The van der Waals surface area contributed by atoms with Crippen LogP contribution < -0.4 is 10.9 Å². The number of nitrogens with zero attached hydrogens (tertiary/aromatic N) is 1. The van der Waals surface area contributed by atoms with Crippen LogP contribution >= 0.6 is 0 Å². The van der Waals surface area contributed by atoms with E-state index in [4.69, 9.17) is 0 Å². The van der Waals surface area contributed by atoms with Crippen LogP contribution in [0.1, 0.15) is 27.9 Å². The summed E-state index contributed by atoms with van der Waals surface area (Å²) in [4.78, 5) is 25.0. The topological polar surface area (TPSA) is 51.1 Å². The highest BCUT2D eigenvalue weighted by Gasteiger charge is 2.15. The molecule has 1 N–H and O–H groups in total. The minimum absolute atomic E-state index is 0.0975. The highest BCUT2D eigenvalue weighted by Crippen LogP contribution is 2.25. The van der Waals surface area contributed by atoms with Crippen LogP contribution in [0.2, 0.25) is 0 Å². The van der Waals surface area contributed by atoms with Crippen molar-refractivity contribution < 1.29 is 4.79 Å². The average Bonchev–Trinajstić information content (AvgIpc) is 3.06. The van der Waals surface area contributed by atoms with E-state index in [0.717, 1.165) is 18.5 Å². The molecular formula is C20H18N2O2. The van der Waals surface area contributed by atoms with Gasteiger partial charge in [-0.15, -0.1) is 0 Å². The third kappa shape index (κ3) is 2.40. The van der Waals surface area contributed by atoms with Gasteiger partial charge in [0, 0.05) is 29.7 Å². The first-order valence-corrected chi connectivity index (χ1v) is 8.15. The highest BCUT2D eigenvalue weighted by atomic mass is 16.2. The molecule has 120 valence electrons. The second-order valence-electron chi connectivity index (χ2n) is 6.30. The maximum atomic E-state index is 12.8. The van der Waals surface area contributed by atoms with Gasteiger partial charge in [-0.1, -0.05) is 24.3 Å². The van der Waals surface area contributed by atoms with E-state index in [2.05, 4.69) is 17.4 Å². The lowest BCUT2D eigenvalue weighted by Gasteiger charge is -2.11. The van der Waals surface area contributed by atoms with Gasteiger partial charge in [-0.25, -0.2) is 0 Å². The van der Waals surface area contributed by atoms with Gasteiger partial charge >= 0.3 is 0 Å². The lowest BCUT2D eigenvalue weighted by molar-refractivity contribution is 0.102. The Labute approximate surface area is 139 Å². The fraction of sp³-hybridized carbons (Fsp3) is 0.200. The Kier molecular flexibility index (Phi) is 3.45. The molecule has 0 saturated carbocycles. The van der Waals surface area contributed by atoms with Crippen LogP contribution in [0.25, 0.3) is 10.8 Å². The molecule has 4 nitrogen and oxygen atoms in total. The molecule has 4 rings (SSSR count). The molecule has 1 amide bonds. The van der Waals surface area contributed by atoms with E-state index in [9.17, 15) is 9.59 Å². The molecule has 1 aromatic heterocycles. The van der Waals surface area contributed by atoms with E-state index in [1.54, 1.807) is 19.3 Å². The van der Waals surface area contributed by atoms with E-state index < -0.39 is 0 Å². The van der Waals surface area contributed by atoms with E-state index >= 15 is 0 Å². The van der Waals surface area contributed by atoms with Gasteiger partial charge in [-0.2, -0.15) is 0 Å². The number of anilines is 1. The van der Waals surface area contributed by atoms with Gasteiger partial charge in [0.2, 0.25) is 0 Å². The Morgan fingerprint density at radius 1 is 1.04 bits per heavy atom. The number of rotatable bonds is 2. The van der Waals surface area contributed by atoms with Crippen molar-refractivity contribution in [1.29, 1.82) is 0 Å². The SMILES string of the molecule is Cn1cc(C(=O)Nc2ccc3c(c2)CCC3)c2ccccc2c1=O. The lowest BCUT2D eigenvalue weighted by atomic mass is 10.1. The van der Waals surface area contributed by atoms with Crippen molar-refractivity contribution in [3.8, 4) is 0 Å². The first kappa shape index (κ1) is 14.7.